The highest BCUT2D eigenvalue weighted by atomic mass is 16.5. The van der Waals surface area contributed by atoms with Crippen molar-refractivity contribution in [3.05, 3.63) is 96.1 Å². The Kier molecular flexibility index (Phi) is 7.77. The van der Waals surface area contributed by atoms with Gasteiger partial charge in [-0.15, -0.1) is 0 Å². The van der Waals surface area contributed by atoms with Crippen LogP contribution in [-0.4, -0.2) is 43.3 Å². The lowest BCUT2D eigenvalue weighted by molar-refractivity contribution is 0.110. The summed E-state index contributed by atoms with van der Waals surface area (Å²) in [5.74, 6) is 0.885. The van der Waals surface area contributed by atoms with E-state index in [2.05, 4.69) is 46.6 Å². The van der Waals surface area contributed by atoms with E-state index < -0.39 is 6.09 Å². The molecule has 166 valence electrons. The van der Waals surface area contributed by atoms with E-state index in [-0.39, 0.29) is 6.04 Å². The maximum Gasteiger partial charge on any atom is 0.411 e. The molecule has 0 aliphatic carbocycles. The number of anilines is 1. The topological polar surface area (TPSA) is 50.8 Å². The van der Waals surface area contributed by atoms with Gasteiger partial charge in [-0.25, -0.2) is 4.79 Å². The highest BCUT2D eigenvalue weighted by molar-refractivity contribution is 5.84. The summed E-state index contributed by atoms with van der Waals surface area (Å²) in [5.41, 5.74) is 3.32. The van der Waals surface area contributed by atoms with E-state index in [1.165, 1.54) is 11.1 Å². The van der Waals surface area contributed by atoms with Crippen molar-refractivity contribution in [2.24, 2.45) is 0 Å². The lowest BCUT2D eigenvalue weighted by Gasteiger charge is -2.24. The number of carbonyl (C=O) groups excluding carboxylic acids is 1. The second-order valence-corrected chi connectivity index (χ2v) is 8.08. The molecule has 4 rings (SSSR count). The van der Waals surface area contributed by atoms with Gasteiger partial charge in [0.25, 0.3) is 0 Å². The third kappa shape index (κ3) is 6.59. The largest absolute Gasteiger partial charge is 0.492 e. The number of likely N-dealkylation sites (tertiary alicyclic amines) is 1. The number of nitrogens with zero attached hydrogens (tertiary/aromatic N) is 1. The Labute approximate surface area is 190 Å². The summed E-state index contributed by atoms with van der Waals surface area (Å²) < 4.78 is 11.4. The predicted octanol–water partition coefficient (Wildman–Crippen LogP) is 5.37. The normalized spacial score (nSPS) is 15.9. The van der Waals surface area contributed by atoms with Crippen LogP contribution in [0.4, 0.5) is 10.5 Å². The maximum absolute atomic E-state index is 12.0. The van der Waals surface area contributed by atoms with Gasteiger partial charge in [0, 0.05) is 18.3 Å². The molecule has 1 fully saturated rings. The van der Waals surface area contributed by atoms with Crippen molar-refractivity contribution in [3.63, 3.8) is 0 Å². The Morgan fingerprint density at radius 1 is 0.906 bits per heavy atom. The van der Waals surface area contributed by atoms with Crippen LogP contribution in [0.2, 0.25) is 0 Å². The fourth-order valence-electron chi connectivity index (χ4n) is 4.04. The van der Waals surface area contributed by atoms with Gasteiger partial charge < -0.3 is 9.47 Å². The summed E-state index contributed by atoms with van der Waals surface area (Å²) in [7, 11) is 0. The first-order valence-corrected chi connectivity index (χ1v) is 11.2. The molecule has 1 atom stereocenters. The van der Waals surface area contributed by atoms with Crippen molar-refractivity contribution in [3.8, 4) is 5.75 Å². The number of nitrogens with one attached hydrogen (secondary N) is 1. The minimum Gasteiger partial charge on any atom is -0.492 e. The molecule has 0 bridgehead atoms. The predicted molar refractivity (Wildman–Crippen MR) is 127 cm³/mol. The SMILES string of the molecule is O=C(Nc1ccccc1)OCC1CCCN1CCOc1ccc(Cc2ccccc2)cc1. The number of carbonyl (C=O) groups is 1. The zero-order valence-corrected chi connectivity index (χ0v) is 18.3. The van der Waals surface area contributed by atoms with Crippen LogP contribution in [0, 0.1) is 0 Å². The Balaban J connectivity index is 1.17. The maximum atomic E-state index is 12.0. The van der Waals surface area contributed by atoms with Gasteiger partial charge >= 0.3 is 6.09 Å². The van der Waals surface area contributed by atoms with Crippen molar-refractivity contribution in [2.75, 3.05) is 31.6 Å². The Hall–Kier alpha value is -3.31. The monoisotopic (exact) mass is 430 g/mol. The zero-order chi connectivity index (χ0) is 22.0. The highest BCUT2D eigenvalue weighted by Gasteiger charge is 2.25. The summed E-state index contributed by atoms with van der Waals surface area (Å²) in [4.78, 5) is 14.4. The summed E-state index contributed by atoms with van der Waals surface area (Å²) in [6.07, 6.45) is 2.67. The average molecular weight is 431 g/mol. The summed E-state index contributed by atoms with van der Waals surface area (Å²) in [6.45, 7) is 2.84. The fourth-order valence-corrected chi connectivity index (χ4v) is 4.04. The van der Waals surface area contributed by atoms with Crippen LogP contribution in [0.1, 0.15) is 24.0 Å². The molecule has 5 heteroatoms. The molecule has 5 nitrogen and oxygen atoms in total. The molecule has 3 aromatic carbocycles. The van der Waals surface area contributed by atoms with Crippen molar-refractivity contribution < 1.29 is 14.3 Å². The van der Waals surface area contributed by atoms with Gasteiger partial charge in [0.15, 0.2) is 0 Å². The molecule has 32 heavy (non-hydrogen) atoms. The number of ether oxygens (including phenoxy) is 2. The molecule has 0 radical (unpaired) electrons. The Bertz CT molecular complexity index is 961. The zero-order valence-electron chi connectivity index (χ0n) is 18.3. The molecule has 1 unspecified atom stereocenters. The minimum atomic E-state index is -0.408. The number of hydrogen-bond donors (Lipinski definition) is 1. The van der Waals surface area contributed by atoms with Crippen LogP contribution < -0.4 is 10.1 Å². The molecule has 1 saturated heterocycles. The molecule has 1 N–H and O–H groups in total. The molecule has 0 spiro atoms. The first-order chi connectivity index (χ1) is 15.8. The molecule has 1 heterocycles. The van der Waals surface area contributed by atoms with E-state index in [4.69, 9.17) is 9.47 Å². The van der Waals surface area contributed by atoms with E-state index in [1.54, 1.807) is 0 Å². The number of hydrogen-bond acceptors (Lipinski definition) is 4. The van der Waals surface area contributed by atoms with Crippen molar-refractivity contribution in [1.82, 2.24) is 4.90 Å². The average Bonchev–Trinajstić information content (AvgIpc) is 3.27. The first kappa shape index (κ1) is 21.9. The molecule has 1 amide bonds. The summed E-state index contributed by atoms with van der Waals surface area (Å²) in [6, 6.07) is 28.4. The fraction of sp³-hybridized carbons (Fsp3) is 0.296. The smallest absolute Gasteiger partial charge is 0.411 e. The number of amides is 1. The van der Waals surface area contributed by atoms with E-state index in [0.717, 1.165) is 43.8 Å². The van der Waals surface area contributed by atoms with Gasteiger partial charge in [0.05, 0.1) is 0 Å². The third-order valence-electron chi connectivity index (χ3n) is 5.75. The van der Waals surface area contributed by atoms with Crippen LogP contribution in [0.3, 0.4) is 0 Å². The molecule has 1 aliphatic rings. The molecular formula is C27H30N2O3. The minimum absolute atomic E-state index is 0.244. The molecular weight excluding hydrogens is 400 g/mol. The van der Waals surface area contributed by atoms with Crippen LogP contribution in [-0.2, 0) is 11.2 Å². The van der Waals surface area contributed by atoms with Crippen molar-refractivity contribution in [2.45, 2.75) is 25.3 Å². The van der Waals surface area contributed by atoms with E-state index in [9.17, 15) is 4.79 Å². The van der Waals surface area contributed by atoms with Crippen LogP contribution in [0.25, 0.3) is 0 Å². The summed E-state index contributed by atoms with van der Waals surface area (Å²) >= 11 is 0. The second-order valence-electron chi connectivity index (χ2n) is 8.08. The quantitative estimate of drug-likeness (QED) is 0.496. The molecule has 3 aromatic rings. The van der Waals surface area contributed by atoms with Crippen LogP contribution in [0.5, 0.6) is 5.75 Å². The first-order valence-electron chi connectivity index (χ1n) is 11.2. The number of rotatable bonds is 9. The van der Waals surface area contributed by atoms with Gasteiger partial charge in [-0.1, -0.05) is 60.7 Å². The van der Waals surface area contributed by atoms with Gasteiger partial charge in [-0.05, 0) is 61.2 Å². The lowest BCUT2D eigenvalue weighted by atomic mass is 10.1. The Morgan fingerprint density at radius 2 is 1.59 bits per heavy atom. The van der Waals surface area contributed by atoms with Crippen LogP contribution in [0.15, 0.2) is 84.9 Å². The summed E-state index contributed by atoms with van der Waals surface area (Å²) in [5, 5.41) is 2.76. The van der Waals surface area contributed by atoms with Gasteiger partial charge in [0.2, 0.25) is 0 Å². The van der Waals surface area contributed by atoms with Crippen molar-refractivity contribution >= 4 is 11.8 Å². The van der Waals surface area contributed by atoms with E-state index in [0.29, 0.717) is 13.2 Å². The third-order valence-corrected chi connectivity index (χ3v) is 5.75. The van der Waals surface area contributed by atoms with E-state index >= 15 is 0 Å². The number of para-hydroxylation sites is 1. The van der Waals surface area contributed by atoms with Gasteiger partial charge in [0.1, 0.15) is 19.0 Å². The van der Waals surface area contributed by atoms with Gasteiger partial charge in [-0.2, -0.15) is 0 Å². The highest BCUT2D eigenvalue weighted by Crippen LogP contribution is 2.19. The molecule has 1 aliphatic heterocycles. The van der Waals surface area contributed by atoms with Crippen LogP contribution >= 0.6 is 0 Å². The number of benzene rings is 3. The Morgan fingerprint density at radius 3 is 2.34 bits per heavy atom. The van der Waals surface area contributed by atoms with E-state index in [1.807, 2.05) is 48.5 Å². The molecule has 0 aromatic heterocycles. The standard InChI is InChI=1S/C27H30N2O3/c30-27(28-24-10-5-2-6-11-24)32-21-25-12-7-17-29(25)18-19-31-26-15-13-23(14-16-26)20-22-8-3-1-4-9-22/h1-6,8-11,13-16,25H,7,12,17-21H2,(H,28,30). The van der Waals surface area contributed by atoms with Crippen molar-refractivity contribution in [1.29, 1.82) is 0 Å². The second kappa shape index (κ2) is 11.3. The molecule has 0 saturated carbocycles. The van der Waals surface area contributed by atoms with Gasteiger partial charge in [-0.3, -0.25) is 10.2 Å². The lowest BCUT2D eigenvalue weighted by Crippen LogP contribution is -2.37.